The topological polar surface area (TPSA) is 127 Å². The molecule has 0 radical (unpaired) electrons. The van der Waals surface area contributed by atoms with E-state index in [0.717, 1.165) is 0 Å². The second kappa shape index (κ2) is 11.2. The number of carbonyl (C=O) groups is 3. The second-order valence-electron chi connectivity index (χ2n) is 9.19. The number of hydroxylamine groups is 3. The van der Waals surface area contributed by atoms with E-state index in [1.807, 2.05) is 20.8 Å². The van der Waals surface area contributed by atoms with Crippen LogP contribution in [0.25, 0.3) is 0 Å². The molecule has 2 aliphatic heterocycles. The summed E-state index contributed by atoms with van der Waals surface area (Å²) in [6.07, 6.45) is -0.310. The SMILES string of the molecule is C=C(NCC1CC(=O)N(C)O1)OC(C)(C)C.CC(C)(C)OC(=O)NCC1CC(=O)NO1. The molecule has 178 valence electrons. The fourth-order valence-electron chi connectivity index (χ4n) is 2.45. The quantitative estimate of drug-likeness (QED) is 0.524. The predicted octanol–water partition coefficient (Wildman–Crippen LogP) is 1.36. The molecule has 2 aliphatic rings. The van der Waals surface area contributed by atoms with Gasteiger partial charge in [0, 0.05) is 13.6 Å². The Morgan fingerprint density at radius 2 is 1.65 bits per heavy atom. The molecule has 0 aliphatic carbocycles. The number of hydrogen-bond acceptors (Lipinski definition) is 8. The number of nitrogens with one attached hydrogen (secondary N) is 3. The van der Waals surface area contributed by atoms with Gasteiger partial charge in [-0.05, 0) is 48.1 Å². The van der Waals surface area contributed by atoms with Gasteiger partial charge in [-0.15, -0.1) is 0 Å². The molecular formula is C20H36N4O7. The van der Waals surface area contributed by atoms with Crippen molar-refractivity contribution in [3.8, 4) is 0 Å². The Morgan fingerprint density at radius 1 is 1.06 bits per heavy atom. The van der Waals surface area contributed by atoms with Gasteiger partial charge in [0.05, 0.1) is 19.4 Å². The largest absolute Gasteiger partial charge is 0.474 e. The normalized spacial score (nSPS) is 21.1. The van der Waals surface area contributed by atoms with Crippen molar-refractivity contribution < 1.29 is 33.5 Å². The van der Waals surface area contributed by atoms with Gasteiger partial charge in [-0.25, -0.2) is 15.3 Å². The number of nitrogens with zero attached hydrogens (tertiary/aromatic N) is 1. The third-order valence-electron chi connectivity index (χ3n) is 3.64. The zero-order valence-electron chi connectivity index (χ0n) is 19.5. The second-order valence-corrected chi connectivity index (χ2v) is 9.19. The highest BCUT2D eigenvalue weighted by atomic mass is 16.7. The van der Waals surface area contributed by atoms with Gasteiger partial charge in [0.1, 0.15) is 23.4 Å². The highest BCUT2D eigenvalue weighted by Gasteiger charge is 2.28. The molecule has 0 aromatic rings. The van der Waals surface area contributed by atoms with Gasteiger partial charge in [-0.2, -0.15) is 0 Å². The maximum absolute atomic E-state index is 11.2. The summed E-state index contributed by atoms with van der Waals surface area (Å²) < 4.78 is 10.5. The average molecular weight is 445 g/mol. The van der Waals surface area contributed by atoms with Crippen molar-refractivity contribution in [2.45, 2.75) is 77.8 Å². The Labute approximate surface area is 183 Å². The van der Waals surface area contributed by atoms with Crippen molar-refractivity contribution in [3.05, 3.63) is 12.5 Å². The predicted molar refractivity (Wildman–Crippen MR) is 112 cm³/mol. The van der Waals surface area contributed by atoms with Crippen molar-refractivity contribution in [2.75, 3.05) is 20.1 Å². The van der Waals surface area contributed by atoms with Gasteiger partial charge >= 0.3 is 6.09 Å². The van der Waals surface area contributed by atoms with Crippen LogP contribution in [0.4, 0.5) is 4.79 Å². The maximum atomic E-state index is 11.2. The lowest BCUT2D eigenvalue weighted by molar-refractivity contribution is -0.163. The summed E-state index contributed by atoms with van der Waals surface area (Å²) in [4.78, 5) is 43.3. The van der Waals surface area contributed by atoms with Crippen molar-refractivity contribution in [1.82, 2.24) is 21.2 Å². The van der Waals surface area contributed by atoms with E-state index in [1.165, 1.54) is 5.06 Å². The van der Waals surface area contributed by atoms with Crippen molar-refractivity contribution >= 4 is 17.9 Å². The van der Waals surface area contributed by atoms with E-state index in [9.17, 15) is 14.4 Å². The van der Waals surface area contributed by atoms with Gasteiger partial charge in [0.2, 0.25) is 11.8 Å². The van der Waals surface area contributed by atoms with Crippen LogP contribution < -0.4 is 16.1 Å². The number of hydrogen-bond donors (Lipinski definition) is 3. The summed E-state index contributed by atoms with van der Waals surface area (Å²) in [5.41, 5.74) is 1.42. The van der Waals surface area contributed by atoms with Crippen LogP contribution in [-0.4, -0.2) is 66.5 Å². The number of carbonyl (C=O) groups excluding carboxylic acids is 3. The van der Waals surface area contributed by atoms with E-state index in [1.54, 1.807) is 27.8 Å². The summed E-state index contributed by atoms with van der Waals surface area (Å²) >= 11 is 0. The molecule has 2 atom stereocenters. The Morgan fingerprint density at radius 3 is 2.10 bits per heavy atom. The molecule has 31 heavy (non-hydrogen) atoms. The molecule has 0 aromatic heterocycles. The summed E-state index contributed by atoms with van der Waals surface area (Å²) in [5.74, 6) is 0.318. The minimum absolute atomic E-state index is 0.00541. The van der Waals surface area contributed by atoms with Gasteiger partial charge in [0.25, 0.3) is 0 Å². The zero-order valence-corrected chi connectivity index (χ0v) is 19.5. The molecule has 11 heteroatoms. The Bertz CT molecular complexity index is 655. The first-order valence-electron chi connectivity index (χ1n) is 10.1. The lowest BCUT2D eigenvalue weighted by atomic mass is 10.2. The van der Waals surface area contributed by atoms with Crippen LogP contribution in [0, 0.1) is 0 Å². The van der Waals surface area contributed by atoms with E-state index in [4.69, 9.17) is 19.1 Å². The molecule has 0 spiro atoms. The fourth-order valence-corrected chi connectivity index (χ4v) is 2.45. The minimum atomic E-state index is -0.519. The fraction of sp³-hybridized carbons (Fsp3) is 0.750. The van der Waals surface area contributed by atoms with Crippen molar-refractivity contribution in [1.29, 1.82) is 0 Å². The molecule has 3 amide bonds. The minimum Gasteiger partial charge on any atom is -0.474 e. The molecule has 0 bridgehead atoms. The number of ether oxygens (including phenoxy) is 2. The summed E-state index contributed by atoms with van der Waals surface area (Å²) in [6.45, 7) is 15.7. The van der Waals surface area contributed by atoms with E-state index in [2.05, 4.69) is 22.7 Å². The molecule has 2 rings (SSSR count). The van der Waals surface area contributed by atoms with E-state index in [-0.39, 0.29) is 42.6 Å². The van der Waals surface area contributed by atoms with E-state index in [0.29, 0.717) is 18.8 Å². The molecule has 2 saturated heterocycles. The lowest BCUT2D eigenvalue weighted by Gasteiger charge is -2.24. The Balaban J connectivity index is 0.000000311. The van der Waals surface area contributed by atoms with Crippen LogP contribution in [0.2, 0.25) is 0 Å². The molecule has 3 N–H and O–H groups in total. The third-order valence-corrected chi connectivity index (χ3v) is 3.64. The van der Waals surface area contributed by atoms with Crippen molar-refractivity contribution in [2.24, 2.45) is 0 Å². The summed E-state index contributed by atoms with van der Waals surface area (Å²) in [5, 5.41) is 6.79. The molecule has 0 aromatic carbocycles. The van der Waals surface area contributed by atoms with Gasteiger partial charge < -0.3 is 20.1 Å². The average Bonchev–Trinajstić information content (AvgIpc) is 3.14. The summed E-state index contributed by atoms with van der Waals surface area (Å²) in [6, 6.07) is 0. The molecule has 2 unspecified atom stereocenters. The standard InChI is InChI=1S/C11H20N2O3.C9H16N2O4/c1-8(15-11(2,3)4)12-7-9-6-10(14)13(5)16-9;1-9(2,3)14-8(13)10-5-6-4-7(12)11-15-6/h9,12H,1,6-7H2,2-5H3;6H,4-5H2,1-3H3,(H,10,13)(H,11,12). The van der Waals surface area contributed by atoms with Crippen LogP contribution in [0.15, 0.2) is 12.5 Å². The molecule has 0 saturated carbocycles. The van der Waals surface area contributed by atoms with E-state index >= 15 is 0 Å². The van der Waals surface area contributed by atoms with E-state index < -0.39 is 11.7 Å². The van der Waals surface area contributed by atoms with Gasteiger partial charge in [-0.3, -0.25) is 19.3 Å². The molecule has 2 heterocycles. The highest BCUT2D eigenvalue weighted by molar-refractivity contribution is 5.77. The monoisotopic (exact) mass is 444 g/mol. The lowest BCUT2D eigenvalue weighted by Crippen LogP contribution is -2.37. The smallest absolute Gasteiger partial charge is 0.407 e. The highest BCUT2D eigenvalue weighted by Crippen LogP contribution is 2.14. The zero-order chi connectivity index (χ0) is 23.8. The molecular weight excluding hydrogens is 408 g/mol. The van der Waals surface area contributed by atoms with Crippen LogP contribution in [-0.2, 0) is 28.7 Å². The van der Waals surface area contributed by atoms with Crippen LogP contribution >= 0.6 is 0 Å². The first kappa shape index (κ1) is 26.5. The molecule has 11 nitrogen and oxygen atoms in total. The first-order chi connectivity index (χ1) is 14.1. The maximum Gasteiger partial charge on any atom is 0.407 e. The van der Waals surface area contributed by atoms with Crippen LogP contribution in [0.3, 0.4) is 0 Å². The Kier molecular flexibility index (Phi) is 9.57. The number of alkyl carbamates (subject to hydrolysis) is 1. The summed E-state index contributed by atoms with van der Waals surface area (Å²) in [7, 11) is 1.61. The Hall–Kier alpha value is -2.53. The van der Waals surface area contributed by atoms with Crippen molar-refractivity contribution in [3.63, 3.8) is 0 Å². The first-order valence-corrected chi connectivity index (χ1v) is 10.1. The third kappa shape index (κ3) is 12.0. The van der Waals surface area contributed by atoms with Crippen LogP contribution in [0.5, 0.6) is 0 Å². The number of amides is 3. The number of rotatable bonds is 6. The molecule has 2 fully saturated rings. The van der Waals surface area contributed by atoms with Crippen LogP contribution in [0.1, 0.15) is 54.4 Å². The van der Waals surface area contributed by atoms with Gasteiger partial charge in [0.15, 0.2) is 5.88 Å². The van der Waals surface area contributed by atoms with Gasteiger partial charge in [-0.1, -0.05) is 0 Å².